The van der Waals surface area contributed by atoms with Crippen molar-refractivity contribution in [2.24, 2.45) is 5.92 Å². The van der Waals surface area contributed by atoms with Crippen molar-refractivity contribution >= 4 is 0 Å². The Morgan fingerprint density at radius 2 is 2.50 bits per heavy atom. The van der Waals surface area contributed by atoms with E-state index < -0.39 is 0 Å². The van der Waals surface area contributed by atoms with Crippen molar-refractivity contribution in [3.8, 4) is 0 Å². The standard InChI is InChI=1S/C7H10O/c8-7-3-1-6(5-7)2-4-7/h1,3,6,8H,2,4-5H2/t6?,7-/m0/s1. The van der Waals surface area contributed by atoms with Crippen molar-refractivity contribution in [1.29, 1.82) is 0 Å². The Bertz CT molecular complexity index is 139. The zero-order chi connectivity index (χ0) is 5.61. The van der Waals surface area contributed by atoms with Crippen LogP contribution >= 0.6 is 0 Å². The predicted octanol–water partition coefficient (Wildman–Crippen LogP) is 1.09. The third-order valence-corrected chi connectivity index (χ3v) is 2.24. The Hall–Kier alpha value is -0.300. The van der Waals surface area contributed by atoms with Crippen LogP contribution in [0.25, 0.3) is 0 Å². The number of rotatable bonds is 0. The summed E-state index contributed by atoms with van der Waals surface area (Å²) in [6, 6.07) is 0. The maximum atomic E-state index is 9.45. The van der Waals surface area contributed by atoms with E-state index in [0.717, 1.165) is 12.8 Å². The Morgan fingerprint density at radius 1 is 1.62 bits per heavy atom. The molecule has 0 heterocycles. The lowest BCUT2D eigenvalue weighted by Gasteiger charge is -2.13. The Kier molecular flexibility index (Phi) is 0.662. The van der Waals surface area contributed by atoms with Gasteiger partial charge in [-0.2, -0.15) is 0 Å². The minimum Gasteiger partial charge on any atom is -0.386 e. The first kappa shape index (κ1) is 4.57. The van der Waals surface area contributed by atoms with Crippen molar-refractivity contribution in [1.82, 2.24) is 0 Å². The van der Waals surface area contributed by atoms with E-state index in [2.05, 4.69) is 6.08 Å². The molecule has 2 bridgehead atoms. The second-order valence-corrected chi connectivity index (χ2v) is 2.97. The summed E-state index contributed by atoms with van der Waals surface area (Å²) in [6.45, 7) is 0. The molecule has 2 aliphatic rings. The van der Waals surface area contributed by atoms with Gasteiger partial charge < -0.3 is 5.11 Å². The third-order valence-electron chi connectivity index (χ3n) is 2.24. The molecule has 44 valence electrons. The highest BCUT2D eigenvalue weighted by molar-refractivity contribution is 5.16. The smallest absolute Gasteiger partial charge is 0.0833 e. The van der Waals surface area contributed by atoms with E-state index in [9.17, 15) is 5.11 Å². The van der Waals surface area contributed by atoms with E-state index in [4.69, 9.17) is 0 Å². The first-order valence-corrected chi connectivity index (χ1v) is 3.20. The van der Waals surface area contributed by atoms with Gasteiger partial charge in [-0.15, -0.1) is 0 Å². The zero-order valence-corrected chi connectivity index (χ0v) is 4.80. The van der Waals surface area contributed by atoms with Gasteiger partial charge in [-0.1, -0.05) is 12.2 Å². The summed E-state index contributed by atoms with van der Waals surface area (Å²) in [5.74, 6) is 0.708. The van der Waals surface area contributed by atoms with Gasteiger partial charge in [0.05, 0.1) is 5.60 Å². The third kappa shape index (κ3) is 0.451. The monoisotopic (exact) mass is 110 g/mol. The molecule has 0 saturated heterocycles. The van der Waals surface area contributed by atoms with E-state index in [0.29, 0.717) is 5.92 Å². The summed E-state index contributed by atoms with van der Waals surface area (Å²) in [4.78, 5) is 0. The van der Waals surface area contributed by atoms with Crippen LogP contribution in [0.5, 0.6) is 0 Å². The molecule has 0 spiro atoms. The first-order valence-electron chi connectivity index (χ1n) is 3.20. The fourth-order valence-corrected chi connectivity index (χ4v) is 1.72. The molecule has 0 aromatic heterocycles. The van der Waals surface area contributed by atoms with Gasteiger partial charge in [-0.05, 0) is 25.2 Å². The molecule has 1 heteroatoms. The molecular formula is C7H10O. The number of fused-ring (bicyclic) bond motifs is 2. The summed E-state index contributed by atoms with van der Waals surface area (Å²) in [5.41, 5.74) is -0.370. The lowest BCUT2D eigenvalue weighted by atomic mass is 10.0. The predicted molar refractivity (Wildman–Crippen MR) is 31.4 cm³/mol. The van der Waals surface area contributed by atoms with Crippen LogP contribution < -0.4 is 0 Å². The highest BCUT2D eigenvalue weighted by Gasteiger charge is 2.38. The van der Waals surface area contributed by atoms with E-state index in [1.165, 1.54) is 6.42 Å². The average Bonchev–Trinajstić information content (AvgIpc) is 2.21. The van der Waals surface area contributed by atoms with E-state index in [-0.39, 0.29) is 5.60 Å². The van der Waals surface area contributed by atoms with Gasteiger partial charge in [-0.25, -0.2) is 0 Å². The normalized spacial score (nSPS) is 50.9. The van der Waals surface area contributed by atoms with Crippen molar-refractivity contribution < 1.29 is 5.11 Å². The molecule has 1 unspecified atom stereocenters. The van der Waals surface area contributed by atoms with Crippen LogP contribution in [-0.2, 0) is 0 Å². The van der Waals surface area contributed by atoms with E-state index in [1.807, 2.05) is 6.08 Å². The lowest BCUT2D eigenvalue weighted by Crippen LogP contribution is -2.17. The molecule has 1 N–H and O–H groups in total. The van der Waals surface area contributed by atoms with Gasteiger partial charge in [0.1, 0.15) is 0 Å². The molecule has 1 saturated carbocycles. The highest BCUT2D eigenvalue weighted by atomic mass is 16.3. The molecule has 2 atom stereocenters. The second kappa shape index (κ2) is 1.16. The number of hydrogen-bond donors (Lipinski definition) is 1. The molecule has 2 aliphatic carbocycles. The summed E-state index contributed by atoms with van der Waals surface area (Å²) in [6.07, 6.45) is 7.29. The lowest BCUT2D eigenvalue weighted by molar-refractivity contribution is 0.103. The van der Waals surface area contributed by atoms with Crippen LogP contribution in [0.1, 0.15) is 19.3 Å². The minimum absolute atomic E-state index is 0.370. The quantitative estimate of drug-likeness (QED) is 0.463. The summed E-state index contributed by atoms with van der Waals surface area (Å²) in [7, 11) is 0. The minimum atomic E-state index is -0.370. The Morgan fingerprint density at radius 3 is 2.62 bits per heavy atom. The van der Waals surface area contributed by atoms with Crippen molar-refractivity contribution in [2.45, 2.75) is 24.9 Å². The Labute approximate surface area is 49.0 Å². The van der Waals surface area contributed by atoms with Crippen LogP contribution in [0.3, 0.4) is 0 Å². The maximum Gasteiger partial charge on any atom is 0.0833 e. The molecule has 0 aliphatic heterocycles. The molecule has 8 heavy (non-hydrogen) atoms. The molecule has 0 amide bonds. The number of allylic oxidation sites excluding steroid dienone is 1. The molecule has 0 aromatic rings. The van der Waals surface area contributed by atoms with Crippen LogP contribution in [-0.4, -0.2) is 10.7 Å². The molecule has 1 nitrogen and oxygen atoms in total. The van der Waals surface area contributed by atoms with Crippen LogP contribution in [0.4, 0.5) is 0 Å². The Balaban J connectivity index is 2.33. The summed E-state index contributed by atoms with van der Waals surface area (Å²) < 4.78 is 0. The largest absolute Gasteiger partial charge is 0.386 e. The summed E-state index contributed by atoms with van der Waals surface area (Å²) >= 11 is 0. The van der Waals surface area contributed by atoms with E-state index in [1.54, 1.807) is 0 Å². The van der Waals surface area contributed by atoms with Gasteiger partial charge in [0.25, 0.3) is 0 Å². The maximum absolute atomic E-state index is 9.45. The second-order valence-electron chi connectivity index (χ2n) is 2.97. The van der Waals surface area contributed by atoms with Crippen LogP contribution in [0, 0.1) is 5.92 Å². The number of hydrogen-bond acceptors (Lipinski definition) is 1. The van der Waals surface area contributed by atoms with Gasteiger partial charge in [0.15, 0.2) is 0 Å². The van der Waals surface area contributed by atoms with Gasteiger partial charge in [-0.3, -0.25) is 0 Å². The van der Waals surface area contributed by atoms with Gasteiger partial charge in [0, 0.05) is 0 Å². The van der Waals surface area contributed by atoms with Crippen LogP contribution in [0.15, 0.2) is 12.2 Å². The molecular weight excluding hydrogens is 100 g/mol. The fourth-order valence-electron chi connectivity index (χ4n) is 1.72. The molecule has 2 rings (SSSR count). The topological polar surface area (TPSA) is 20.2 Å². The molecule has 1 fully saturated rings. The fraction of sp³-hybridized carbons (Fsp3) is 0.714. The summed E-state index contributed by atoms with van der Waals surface area (Å²) in [5, 5.41) is 9.45. The number of aliphatic hydroxyl groups is 1. The zero-order valence-electron chi connectivity index (χ0n) is 4.80. The van der Waals surface area contributed by atoms with Crippen molar-refractivity contribution in [3.63, 3.8) is 0 Å². The van der Waals surface area contributed by atoms with Crippen molar-refractivity contribution in [2.75, 3.05) is 0 Å². The van der Waals surface area contributed by atoms with Crippen molar-refractivity contribution in [3.05, 3.63) is 12.2 Å². The van der Waals surface area contributed by atoms with Gasteiger partial charge >= 0.3 is 0 Å². The highest BCUT2D eigenvalue weighted by Crippen LogP contribution is 2.41. The van der Waals surface area contributed by atoms with Crippen LogP contribution in [0.2, 0.25) is 0 Å². The molecule has 0 aromatic carbocycles. The SMILES string of the molecule is O[C@@]12C=CC(CC1)C2. The van der Waals surface area contributed by atoms with Gasteiger partial charge in [0.2, 0.25) is 0 Å². The average molecular weight is 110 g/mol. The van der Waals surface area contributed by atoms with E-state index >= 15 is 0 Å². The molecule has 0 radical (unpaired) electrons. The first-order chi connectivity index (χ1) is 3.79.